The fourth-order valence-electron chi connectivity index (χ4n) is 2.46. The second-order valence-electron chi connectivity index (χ2n) is 5.81. The molecule has 0 N–H and O–H groups in total. The van der Waals surface area contributed by atoms with Crippen LogP contribution in [-0.2, 0) is 18.9 Å². The van der Waals surface area contributed by atoms with Crippen molar-refractivity contribution in [2.75, 3.05) is 0 Å². The minimum absolute atomic E-state index is 0.191. The first-order valence-corrected chi connectivity index (χ1v) is 9.62. The van der Waals surface area contributed by atoms with E-state index in [0.717, 1.165) is 0 Å². The Morgan fingerprint density at radius 2 is 2.00 bits per heavy atom. The predicted molar refractivity (Wildman–Crippen MR) is 103 cm³/mol. The number of aromatic nitrogens is 5. The highest BCUT2D eigenvalue weighted by Crippen LogP contribution is 2.25. The van der Waals surface area contributed by atoms with E-state index in [1.54, 1.807) is 36.6 Å². The Morgan fingerprint density at radius 3 is 2.76 bits per heavy atom. The summed E-state index contributed by atoms with van der Waals surface area (Å²) in [5, 5.41) is 17.1. The van der Waals surface area contributed by atoms with Gasteiger partial charge in [-0.25, -0.2) is 4.39 Å². The first kappa shape index (κ1) is 18.9. The molecule has 0 spiro atoms. The van der Waals surface area contributed by atoms with Crippen LogP contribution in [0.3, 0.4) is 0 Å². The number of hydrogen-bond acceptors (Lipinski definition) is 8. The second-order valence-corrected chi connectivity index (χ2v) is 6.75. The van der Waals surface area contributed by atoms with Crippen LogP contribution in [-0.4, -0.2) is 25.0 Å². The van der Waals surface area contributed by atoms with E-state index in [1.165, 1.54) is 23.9 Å². The zero-order valence-corrected chi connectivity index (χ0v) is 16.0. The predicted octanol–water partition coefficient (Wildman–Crippen LogP) is 4.12. The molecule has 0 aliphatic carbocycles. The molecule has 29 heavy (non-hydrogen) atoms. The van der Waals surface area contributed by atoms with Gasteiger partial charge in [0.2, 0.25) is 5.89 Å². The Kier molecular flexibility index (Phi) is 5.71. The van der Waals surface area contributed by atoms with Crippen molar-refractivity contribution in [1.29, 1.82) is 0 Å². The lowest BCUT2D eigenvalue weighted by Gasteiger charge is -2.08. The normalized spacial score (nSPS) is 10.9. The van der Waals surface area contributed by atoms with Crippen LogP contribution >= 0.6 is 11.8 Å². The number of halogens is 1. The topological polar surface area (TPSA) is 92.0 Å². The molecule has 0 saturated carbocycles. The molecule has 0 aliphatic heterocycles. The highest BCUT2D eigenvalue weighted by atomic mass is 32.2. The van der Waals surface area contributed by atoms with Crippen LogP contribution in [0.25, 0.3) is 11.7 Å². The van der Waals surface area contributed by atoms with Crippen molar-refractivity contribution in [1.82, 2.24) is 25.0 Å². The van der Waals surface area contributed by atoms with Crippen molar-refractivity contribution >= 4 is 11.8 Å². The van der Waals surface area contributed by atoms with E-state index in [-0.39, 0.29) is 12.4 Å². The molecule has 4 aromatic rings. The van der Waals surface area contributed by atoms with Crippen LogP contribution in [0, 0.1) is 5.82 Å². The lowest BCUT2D eigenvalue weighted by atomic mass is 10.3. The molecule has 0 aliphatic rings. The van der Waals surface area contributed by atoms with E-state index in [2.05, 4.69) is 27.0 Å². The SMILES string of the molecule is C=CCn1c(COc2ccc(F)cc2)nnc1SCc1nnc(-c2ccco2)o1. The number of thioether (sulfide) groups is 1. The van der Waals surface area contributed by atoms with Gasteiger partial charge < -0.3 is 13.6 Å². The molecule has 3 aromatic heterocycles. The number of furan rings is 1. The molecule has 0 bridgehead atoms. The van der Waals surface area contributed by atoms with Crippen molar-refractivity contribution in [3.8, 4) is 17.4 Å². The van der Waals surface area contributed by atoms with E-state index in [9.17, 15) is 4.39 Å². The van der Waals surface area contributed by atoms with E-state index in [4.69, 9.17) is 13.6 Å². The molecule has 4 rings (SSSR count). The summed E-state index contributed by atoms with van der Waals surface area (Å²) in [6.45, 7) is 4.48. The summed E-state index contributed by atoms with van der Waals surface area (Å²) in [7, 11) is 0. The van der Waals surface area contributed by atoms with E-state index >= 15 is 0 Å². The largest absolute Gasteiger partial charge is 0.486 e. The zero-order valence-electron chi connectivity index (χ0n) is 15.2. The van der Waals surface area contributed by atoms with Gasteiger partial charge in [0.1, 0.15) is 18.2 Å². The Labute approximate surface area is 169 Å². The molecule has 0 saturated heterocycles. The molecule has 10 heteroatoms. The summed E-state index contributed by atoms with van der Waals surface area (Å²) in [6.07, 6.45) is 3.29. The fourth-order valence-corrected chi connectivity index (χ4v) is 3.27. The van der Waals surface area contributed by atoms with Crippen molar-refractivity contribution in [3.63, 3.8) is 0 Å². The van der Waals surface area contributed by atoms with Crippen LogP contribution in [0.5, 0.6) is 5.75 Å². The molecule has 1 aromatic carbocycles. The van der Waals surface area contributed by atoms with Gasteiger partial charge in [-0.05, 0) is 36.4 Å². The third-order valence-electron chi connectivity index (χ3n) is 3.81. The molecule has 0 amide bonds. The first-order chi connectivity index (χ1) is 14.2. The van der Waals surface area contributed by atoms with Gasteiger partial charge in [-0.15, -0.1) is 27.0 Å². The minimum atomic E-state index is -0.318. The summed E-state index contributed by atoms with van der Waals surface area (Å²) in [6, 6.07) is 9.30. The zero-order chi connectivity index (χ0) is 20.1. The standard InChI is InChI=1S/C19H16FN5O3S/c1-2-9-25-16(11-27-14-7-5-13(20)6-8-14)21-24-19(25)29-12-17-22-23-18(28-17)15-4-3-10-26-15/h2-8,10H,1,9,11-12H2. The maximum atomic E-state index is 13.0. The average Bonchev–Trinajstić information content (AvgIpc) is 3.48. The summed E-state index contributed by atoms with van der Waals surface area (Å²) < 4.78 is 31.4. The van der Waals surface area contributed by atoms with E-state index in [1.807, 2.05) is 4.57 Å². The van der Waals surface area contributed by atoms with Gasteiger partial charge in [0.05, 0.1) is 12.0 Å². The van der Waals surface area contributed by atoms with Gasteiger partial charge in [-0.3, -0.25) is 4.57 Å². The maximum Gasteiger partial charge on any atom is 0.283 e. The first-order valence-electron chi connectivity index (χ1n) is 8.63. The number of nitrogens with zero attached hydrogens (tertiary/aromatic N) is 5. The van der Waals surface area contributed by atoms with E-state index in [0.29, 0.717) is 46.6 Å². The smallest absolute Gasteiger partial charge is 0.283 e. The lowest BCUT2D eigenvalue weighted by molar-refractivity contribution is 0.288. The van der Waals surface area contributed by atoms with Crippen LogP contribution in [0.2, 0.25) is 0 Å². The Bertz CT molecular complexity index is 1080. The Morgan fingerprint density at radius 1 is 1.14 bits per heavy atom. The molecule has 8 nitrogen and oxygen atoms in total. The Balaban J connectivity index is 1.42. The van der Waals surface area contributed by atoms with Crippen molar-refractivity contribution in [3.05, 3.63) is 72.8 Å². The molecular weight excluding hydrogens is 397 g/mol. The van der Waals surface area contributed by atoms with Gasteiger partial charge >= 0.3 is 0 Å². The van der Waals surface area contributed by atoms with Gasteiger partial charge in [0.15, 0.2) is 16.7 Å². The van der Waals surface area contributed by atoms with Crippen LogP contribution in [0.15, 0.2) is 69.3 Å². The highest BCUT2D eigenvalue weighted by Gasteiger charge is 2.16. The fraction of sp³-hybridized carbons (Fsp3) is 0.158. The third kappa shape index (κ3) is 4.54. The van der Waals surface area contributed by atoms with Crippen molar-refractivity contribution < 1.29 is 18.0 Å². The average molecular weight is 413 g/mol. The molecule has 0 unspecified atom stereocenters. The third-order valence-corrected chi connectivity index (χ3v) is 4.76. The van der Waals surface area contributed by atoms with Crippen molar-refractivity contribution in [2.45, 2.75) is 24.1 Å². The molecule has 3 heterocycles. The molecule has 0 radical (unpaired) electrons. The maximum absolute atomic E-state index is 13.0. The lowest BCUT2D eigenvalue weighted by Crippen LogP contribution is -2.07. The number of hydrogen-bond donors (Lipinski definition) is 0. The molecule has 0 fully saturated rings. The van der Waals surface area contributed by atoms with Crippen LogP contribution < -0.4 is 4.74 Å². The minimum Gasteiger partial charge on any atom is -0.486 e. The quantitative estimate of drug-likeness (QED) is 0.299. The second kappa shape index (κ2) is 8.74. The summed E-state index contributed by atoms with van der Waals surface area (Å²) in [5.74, 6) is 2.56. The number of rotatable bonds is 9. The summed E-state index contributed by atoms with van der Waals surface area (Å²) >= 11 is 1.40. The van der Waals surface area contributed by atoms with Gasteiger partial charge in [0, 0.05) is 6.54 Å². The van der Waals surface area contributed by atoms with Crippen molar-refractivity contribution in [2.24, 2.45) is 0 Å². The van der Waals surface area contributed by atoms with Gasteiger partial charge in [0.25, 0.3) is 5.89 Å². The van der Waals surface area contributed by atoms with E-state index < -0.39 is 0 Å². The number of allylic oxidation sites excluding steroid dienone is 1. The molecule has 148 valence electrons. The van der Waals surface area contributed by atoms with Crippen LogP contribution in [0.4, 0.5) is 4.39 Å². The Hall–Kier alpha value is -3.40. The summed E-state index contributed by atoms with van der Waals surface area (Å²) in [5.41, 5.74) is 0. The monoisotopic (exact) mass is 413 g/mol. The molecule has 0 atom stereocenters. The molecular formula is C19H16FN5O3S. The van der Waals surface area contributed by atoms with Crippen LogP contribution in [0.1, 0.15) is 11.7 Å². The number of ether oxygens (including phenoxy) is 1. The van der Waals surface area contributed by atoms with Gasteiger partial charge in [-0.2, -0.15) is 0 Å². The highest BCUT2D eigenvalue weighted by molar-refractivity contribution is 7.98. The summed E-state index contributed by atoms with van der Waals surface area (Å²) in [4.78, 5) is 0. The van der Waals surface area contributed by atoms with Gasteiger partial charge in [-0.1, -0.05) is 17.8 Å². The number of benzene rings is 1.